The summed E-state index contributed by atoms with van der Waals surface area (Å²) in [5, 5.41) is 13.9. The Kier molecular flexibility index (Phi) is 5.34. The van der Waals surface area contributed by atoms with Gasteiger partial charge in [0, 0.05) is 11.8 Å². The van der Waals surface area contributed by atoms with Crippen molar-refractivity contribution in [1.82, 2.24) is 10.4 Å². The number of pyridine rings is 1. The number of hydrazone groups is 1. The number of para-hydroxylation sites is 1. The highest BCUT2D eigenvalue weighted by atomic mass is 32.2. The fourth-order valence-corrected chi connectivity index (χ4v) is 2.31. The monoisotopic (exact) mass is 301 g/mol. The molecule has 2 rings (SSSR count). The summed E-state index contributed by atoms with van der Waals surface area (Å²) in [5.74, 6) is -0.108. The van der Waals surface area contributed by atoms with Crippen molar-refractivity contribution in [1.29, 1.82) is 0 Å². The van der Waals surface area contributed by atoms with Crippen molar-refractivity contribution < 1.29 is 9.90 Å². The molecule has 21 heavy (non-hydrogen) atoms. The summed E-state index contributed by atoms with van der Waals surface area (Å²) in [5.41, 5.74) is 2.99. The first-order valence-electron chi connectivity index (χ1n) is 6.35. The molecule has 1 aromatic heterocycles. The Morgan fingerprint density at radius 2 is 2.10 bits per heavy atom. The second kappa shape index (κ2) is 7.44. The zero-order chi connectivity index (χ0) is 15.1. The second-order valence-electron chi connectivity index (χ2n) is 4.22. The average Bonchev–Trinajstić information content (AvgIpc) is 2.50. The van der Waals surface area contributed by atoms with Gasteiger partial charge in [-0.25, -0.2) is 10.4 Å². The van der Waals surface area contributed by atoms with Gasteiger partial charge >= 0.3 is 0 Å². The smallest absolute Gasteiger partial charge is 0.253 e. The Hall–Kier alpha value is -2.34. The minimum Gasteiger partial charge on any atom is -0.507 e. The van der Waals surface area contributed by atoms with E-state index in [0.29, 0.717) is 5.56 Å². The lowest BCUT2D eigenvalue weighted by Gasteiger charge is -2.08. The van der Waals surface area contributed by atoms with E-state index in [1.165, 1.54) is 18.0 Å². The standard InChI is InChI=1S/C15H15N3O2S/c1-11(21-14-8-4-5-9-16-14)15(20)18-17-10-12-6-2-3-7-13(12)19/h2-11,19H,1H3,(H,18,20)/b17-10+. The lowest BCUT2D eigenvalue weighted by Crippen LogP contribution is -2.26. The highest BCUT2D eigenvalue weighted by Gasteiger charge is 2.14. The summed E-state index contributed by atoms with van der Waals surface area (Å²) in [4.78, 5) is 16.0. The minimum absolute atomic E-state index is 0.117. The lowest BCUT2D eigenvalue weighted by atomic mass is 10.2. The van der Waals surface area contributed by atoms with E-state index in [4.69, 9.17) is 0 Å². The molecule has 0 bridgehead atoms. The normalized spacial score (nSPS) is 12.2. The number of rotatable bonds is 5. The van der Waals surface area contributed by atoms with Crippen LogP contribution in [-0.2, 0) is 4.79 Å². The molecule has 1 amide bonds. The van der Waals surface area contributed by atoms with Gasteiger partial charge in [0.15, 0.2) is 0 Å². The first kappa shape index (κ1) is 15.1. The summed E-state index contributed by atoms with van der Waals surface area (Å²) in [6, 6.07) is 12.3. The van der Waals surface area contributed by atoms with Gasteiger partial charge in [-0.05, 0) is 31.2 Å². The summed E-state index contributed by atoms with van der Waals surface area (Å²) in [6.45, 7) is 1.78. The van der Waals surface area contributed by atoms with Crippen LogP contribution in [0.1, 0.15) is 12.5 Å². The number of amides is 1. The molecule has 1 heterocycles. The van der Waals surface area contributed by atoms with E-state index in [-0.39, 0.29) is 16.9 Å². The summed E-state index contributed by atoms with van der Waals surface area (Å²) in [7, 11) is 0. The number of phenolic OH excluding ortho intramolecular Hbond substituents is 1. The molecule has 2 aromatic rings. The van der Waals surface area contributed by atoms with Crippen molar-refractivity contribution in [2.45, 2.75) is 17.2 Å². The van der Waals surface area contributed by atoms with Gasteiger partial charge in [0.05, 0.1) is 16.5 Å². The molecule has 0 spiro atoms. The predicted molar refractivity (Wildman–Crippen MR) is 83.4 cm³/mol. The third kappa shape index (κ3) is 4.61. The number of aromatic hydroxyl groups is 1. The van der Waals surface area contributed by atoms with Crippen LogP contribution >= 0.6 is 11.8 Å². The summed E-state index contributed by atoms with van der Waals surface area (Å²) in [6.07, 6.45) is 3.09. The molecule has 1 atom stereocenters. The van der Waals surface area contributed by atoms with E-state index in [0.717, 1.165) is 5.03 Å². The fraction of sp³-hybridized carbons (Fsp3) is 0.133. The highest BCUT2D eigenvalue weighted by molar-refractivity contribution is 8.00. The second-order valence-corrected chi connectivity index (χ2v) is 5.58. The Morgan fingerprint density at radius 3 is 2.81 bits per heavy atom. The summed E-state index contributed by atoms with van der Waals surface area (Å²) < 4.78 is 0. The maximum absolute atomic E-state index is 11.9. The Morgan fingerprint density at radius 1 is 1.33 bits per heavy atom. The van der Waals surface area contributed by atoms with Crippen molar-refractivity contribution in [3.05, 3.63) is 54.2 Å². The molecule has 0 saturated heterocycles. The number of hydrogen-bond acceptors (Lipinski definition) is 5. The van der Waals surface area contributed by atoms with Gasteiger partial charge in [0.2, 0.25) is 0 Å². The molecule has 0 fully saturated rings. The average molecular weight is 301 g/mol. The van der Waals surface area contributed by atoms with E-state index in [2.05, 4.69) is 15.5 Å². The molecule has 0 saturated carbocycles. The third-order valence-electron chi connectivity index (χ3n) is 2.62. The van der Waals surface area contributed by atoms with Crippen molar-refractivity contribution in [3.63, 3.8) is 0 Å². The van der Waals surface area contributed by atoms with Crippen LogP contribution in [0.4, 0.5) is 0 Å². The fourth-order valence-electron chi connectivity index (χ4n) is 1.50. The minimum atomic E-state index is -0.318. The van der Waals surface area contributed by atoms with Crippen LogP contribution in [0.15, 0.2) is 58.8 Å². The van der Waals surface area contributed by atoms with Crippen molar-refractivity contribution in [2.24, 2.45) is 5.10 Å². The number of phenols is 1. The topological polar surface area (TPSA) is 74.6 Å². The van der Waals surface area contributed by atoms with Crippen molar-refractivity contribution in [3.8, 4) is 5.75 Å². The van der Waals surface area contributed by atoms with Crippen LogP contribution in [0.5, 0.6) is 5.75 Å². The van der Waals surface area contributed by atoms with Crippen LogP contribution in [0, 0.1) is 0 Å². The van der Waals surface area contributed by atoms with Crippen molar-refractivity contribution >= 4 is 23.9 Å². The molecular formula is C15H15N3O2S. The number of thioether (sulfide) groups is 1. The zero-order valence-electron chi connectivity index (χ0n) is 11.4. The van der Waals surface area contributed by atoms with Crippen LogP contribution in [0.25, 0.3) is 0 Å². The SMILES string of the molecule is CC(Sc1ccccn1)C(=O)N/N=C/c1ccccc1O. The van der Waals surface area contributed by atoms with Gasteiger partial charge in [-0.1, -0.05) is 30.0 Å². The first-order chi connectivity index (χ1) is 10.2. The van der Waals surface area contributed by atoms with Crippen LogP contribution < -0.4 is 5.43 Å². The summed E-state index contributed by atoms with van der Waals surface area (Å²) >= 11 is 1.35. The number of nitrogens with zero attached hydrogens (tertiary/aromatic N) is 2. The van der Waals surface area contributed by atoms with Gasteiger partial charge in [-0.3, -0.25) is 4.79 Å². The van der Waals surface area contributed by atoms with E-state index < -0.39 is 0 Å². The van der Waals surface area contributed by atoms with Gasteiger partial charge < -0.3 is 5.11 Å². The first-order valence-corrected chi connectivity index (χ1v) is 7.23. The number of carbonyl (C=O) groups excluding carboxylic acids is 1. The Labute approximate surface area is 127 Å². The molecule has 0 aliphatic heterocycles. The molecule has 6 heteroatoms. The van der Waals surface area contributed by atoms with Crippen molar-refractivity contribution in [2.75, 3.05) is 0 Å². The molecule has 1 aromatic carbocycles. The van der Waals surface area contributed by atoms with Crippen LogP contribution in [0.3, 0.4) is 0 Å². The maximum Gasteiger partial charge on any atom is 0.253 e. The predicted octanol–water partition coefficient (Wildman–Crippen LogP) is 2.42. The number of carbonyl (C=O) groups is 1. The number of hydrogen-bond donors (Lipinski definition) is 2. The van der Waals surface area contributed by atoms with Gasteiger partial charge in [-0.2, -0.15) is 5.10 Å². The van der Waals surface area contributed by atoms with Gasteiger partial charge in [0.25, 0.3) is 5.91 Å². The molecule has 0 aliphatic carbocycles. The molecule has 1 unspecified atom stereocenters. The van der Waals surface area contributed by atoms with Gasteiger partial charge in [0.1, 0.15) is 5.75 Å². The third-order valence-corrected chi connectivity index (χ3v) is 3.67. The molecule has 5 nitrogen and oxygen atoms in total. The number of aromatic nitrogens is 1. The largest absolute Gasteiger partial charge is 0.507 e. The molecule has 0 aliphatic rings. The van der Waals surface area contributed by atoms with E-state index in [9.17, 15) is 9.90 Å². The number of nitrogens with one attached hydrogen (secondary N) is 1. The van der Waals surface area contributed by atoms with E-state index >= 15 is 0 Å². The Balaban J connectivity index is 1.88. The molecule has 0 radical (unpaired) electrons. The highest BCUT2D eigenvalue weighted by Crippen LogP contribution is 2.20. The van der Waals surface area contributed by atoms with Crippen LogP contribution in [0.2, 0.25) is 0 Å². The zero-order valence-corrected chi connectivity index (χ0v) is 12.2. The molecule has 108 valence electrons. The van der Waals surface area contributed by atoms with Gasteiger partial charge in [-0.15, -0.1) is 0 Å². The Bertz CT molecular complexity index is 632. The van der Waals surface area contributed by atoms with E-state index in [1.54, 1.807) is 37.4 Å². The quantitative estimate of drug-likeness (QED) is 0.505. The maximum atomic E-state index is 11.9. The number of benzene rings is 1. The molecule has 2 N–H and O–H groups in total. The van der Waals surface area contributed by atoms with Crippen LogP contribution in [-0.4, -0.2) is 27.5 Å². The molecular weight excluding hydrogens is 286 g/mol. The van der Waals surface area contributed by atoms with E-state index in [1.807, 2.05) is 18.2 Å². The lowest BCUT2D eigenvalue weighted by molar-refractivity contribution is -0.120.